The summed E-state index contributed by atoms with van der Waals surface area (Å²) in [7, 11) is 0. The van der Waals surface area contributed by atoms with Gasteiger partial charge in [-0.1, -0.05) is 17.4 Å². The molecule has 0 spiro atoms. The second-order valence-electron chi connectivity index (χ2n) is 7.23. The van der Waals surface area contributed by atoms with Crippen LogP contribution in [0.4, 0.5) is 10.8 Å². The van der Waals surface area contributed by atoms with Crippen LogP contribution in [0.1, 0.15) is 47.2 Å². The van der Waals surface area contributed by atoms with Crippen molar-refractivity contribution in [1.82, 2.24) is 10.2 Å². The Labute approximate surface area is 187 Å². The lowest BCUT2D eigenvalue weighted by atomic mass is 10.1. The molecule has 0 bridgehead atoms. The van der Waals surface area contributed by atoms with E-state index in [1.807, 2.05) is 26.0 Å². The van der Waals surface area contributed by atoms with E-state index in [0.29, 0.717) is 10.7 Å². The number of hydrogen-bond acceptors (Lipinski definition) is 8. The first-order valence-electron chi connectivity index (χ1n) is 9.62. The Morgan fingerprint density at radius 1 is 0.969 bits per heavy atom. The van der Waals surface area contributed by atoms with E-state index in [9.17, 15) is 19.2 Å². The van der Waals surface area contributed by atoms with Crippen LogP contribution in [0, 0.1) is 20.8 Å². The maximum absolute atomic E-state index is 12.7. The second-order valence-corrected chi connectivity index (χ2v) is 8.39. The molecule has 1 N–H and O–H groups in total. The van der Waals surface area contributed by atoms with Crippen LogP contribution in [0.15, 0.2) is 36.4 Å². The summed E-state index contributed by atoms with van der Waals surface area (Å²) < 4.78 is 5.07. The zero-order valence-corrected chi connectivity index (χ0v) is 18.3. The quantitative estimate of drug-likeness (QED) is 0.469. The van der Waals surface area contributed by atoms with Crippen molar-refractivity contribution in [2.75, 3.05) is 16.8 Å². The fourth-order valence-corrected chi connectivity index (χ4v) is 3.83. The van der Waals surface area contributed by atoms with Gasteiger partial charge in [0.1, 0.15) is 5.01 Å². The maximum atomic E-state index is 12.7. The van der Waals surface area contributed by atoms with E-state index in [0.717, 1.165) is 27.4 Å². The number of amides is 3. The molecule has 1 aliphatic heterocycles. The summed E-state index contributed by atoms with van der Waals surface area (Å²) in [6.07, 6.45) is 0. The number of esters is 1. The number of aryl methyl sites for hydroxylation is 3. The zero-order chi connectivity index (χ0) is 23.0. The van der Waals surface area contributed by atoms with Gasteiger partial charge < -0.3 is 10.1 Å². The normalized spacial score (nSPS) is 12.7. The number of benzene rings is 2. The van der Waals surface area contributed by atoms with Crippen LogP contribution in [-0.4, -0.2) is 40.5 Å². The lowest BCUT2D eigenvalue weighted by Gasteiger charge is -2.09. The van der Waals surface area contributed by atoms with Crippen molar-refractivity contribution < 1.29 is 23.9 Å². The Kier molecular flexibility index (Phi) is 5.54. The third kappa shape index (κ3) is 4.00. The van der Waals surface area contributed by atoms with E-state index >= 15 is 0 Å². The fraction of sp³-hybridized carbons (Fsp3) is 0.182. The first-order valence-corrected chi connectivity index (χ1v) is 10.4. The summed E-state index contributed by atoms with van der Waals surface area (Å²) in [6, 6.07) is 9.51. The number of anilines is 2. The average molecular weight is 450 g/mol. The van der Waals surface area contributed by atoms with Gasteiger partial charge in [0.2, 0.25) is 5.13 Å². The number of aromatic nitrogens is 2. The molecule has 0 unspecified atom stereocenters. The zero-order valence-electron chi connectivity index (χ0n) is 17.5. The molecule has 162 valence electrons. The van der Waals surface area contributed by atoms with Gasteiger partial charge in [0, 0.05) is 5.69 Å². The molecule has 0 aliphatic carbocycles. The van der Waals surface area contributed by atoms with Gasteiger partial charge in [-0.05, 0) is 62.2 Å². The molecule has 1 aromatic heterocycles. The summed E-state index contributed by atoms with van der Waals surface area (Å²) in [5, 5.41) is 11.1. The predicted octanol–water partition coefficient (Wildman–Crippen LogP) is 3.06. The van der Waals surface area contributed by atoms with Crippen LogP contribution in [0.3, 0.4) is 0 Å². The van der Waals surface area contributed by atoms with Gasteiger partial charge in [-0.3, -0.25) is 14.4 Å². The number of imide groups is 1. The topological polar surface area (TPSA) is 119 Å². The Balaban J connectivity index is 1.43. The molecule has 4 rings (SSSR count). The summed E-state index contributed by atoms with van der Waals surface area (Å²) in [6.45, 7) is 5.11. The highest BCUT2D eigenvalue weighted by atomic mass is 32.1. The summed E-state index contributed by atoms with van der Waals surface area (Å²) in [4.78, 5) is 50.8. The van der Waals surface area contributed by atoms with Gasteiger partial charge in [-0.15, -0.1) is 10.2 Å². The van der Waals surface area contributed by atoms with Crippen molar-refractivity contribution in [3.05, 3.63) is 69.2 Å². The van der Waals surface area contributed by atoms with Crippen molar-refractivity contribution in [1.29, 1.82) is 0 Å². The highest BCUT2D eigenvalue weighted by Gasteiger charge is 2.39. The van der Waals surface area contributed by atoms with E-state index in [4.69, 9.17) is 4.74 Å². The minimum absolute atomic E-state index is 0.0548. The van der Waals surface area contributed by atoms with Crippen LogP contribution in [0.25, 0.3) is 0 Å². The van der Waals surface area contributed by atoms with E-state index in [2.05, 4.69) is 15.5 Å². The molecular weight excluding hydrogens is 432 g/mol. The van der Waals surface area contributed by atoms with Crippen LogP contribution in [-0.2, 0) is 9.53 Å². The summed E-state index contributed by atoms with van der Waals surface area (Å²) in [5.41, 5.74) is 3.00. The minimum atomic E-state index is -0.784. The van der Waals surface area contributed by atoms with E-state index < -0.39 is 30.3 Å². The third-order valence-electron chi connectivity index (χ3n) is 4.95. The Morgan fingerprint density at radius 2 is 1.72 bits per heavy atom. The molecule has 9 nitrogen and oxygen atoms in total. The number of ether oxygens (including phenoxy) is 1. The van der Waals surface area contributed by atoms with Crippen LogP contribution in [0.2, 0.25) is 0 Å². The van der Waals surface area contributed by atoms with Crippen molar-refractivity contribution in [2.45, 2.75) is 20.8 Å². The largest absolute Gasteiger partial charge is 0.452 e. The third-order valence-corrected chi connectivity index (χ3v) is 5.78. The lowest BCUT2D eigenvalue weighted by molar-refractivity contribution is -0.119. The molecule has 0 fully saturated rings. The van der Waals surface area contributed by atoms with Gasteiger partial charge in [-0.25, -0.2) is 9.69 Å². The number of rotatable bonds is 5. The molecule has 0 radical (unpaired) electrons. The van der Waals surface area contributed by atoms with Gasteiger partial charge >= 0.3 is 5.97 Å². The van der Waals surface area contributed by atoms with E-state index in [-0.39, 0.29) is 21.8 Å². The standard InChI is InChI=1S/C22H18N4O5S/c1-11-4-6-15(8-12(11)2)23-18(27)10-31-21(30)14-5-7-16-17(9-14)20(29)26(19(16)28)22-25-24-13(3)32-22/h4-9H,10H2,1-3H3,(H,23,27). The number of carbonyl (C=O) groups is 4. The van der Waals surface area contributed by atoms with Gasteiger partial charge in [0.05, 0.1) is 16.7 Å². The molecular formula is C22H18N4O5S. The highest BCUT2D eigenvalue weighted by Crippen LogP contribution is 2.31. The fourth-order valence-electron chi connectivity index (χ4n) is 3.15. The van der Waals surface area contributed by atoms with Crippen molar-refractivity contribution in [2.24, 2.45) is 0 Å². The van der Waals surface area contributed by atoms with Crippen LogP contribution in [0.5, 0.6) is 0 Å². The summed E-state index contributed by atoms with van der Waals surface area (Å²) in [5.74, 6) is -2.41. The molecule has 0 saturated carbocycles. The van der Waals surface area contributed by atoms with E-state index in [1.54, 1.807) is 13.0 Å². The van der Waals surface area contributed by atoms with Crippen LogP contribution < -0.4 is 10.2 Å². The monoisotopic (exact) mass is 450 g/mol. The number of nitrogens with one attached hydrogen (secondary N) is 1. The Bertz CT molecular complexity index is 1280. The number of hydrogen-bond donors (Lipinski definition) is 1. The van der Waals surface area contributed by atoms with Crippen molar-refractivity contribution in [3.63, 3.8) is 0 Å². The Hall–Kier alpha value is -3.92. The van der Waals surface area contributed by atoms with Crippen molar-refractivity contribution in [3.8, 4) is 0 Å². The number of carbonyl (C=O) groups excluding carboxylic acids is 4. The number of nitrogens with zero attached hydrogens (tertiary/aromatic N) is 3. The van der Waals surface area contributed by atoms with Gasteiger partial charge in [0.15, 0.2) is 6.61 Å². The number of fused-ring (bicyclic) bond motifs is 1. The summed E-state index contributed by atoms with van der Waals surface area (Å²) >= 11 is 1.11. The molecule has 10 heteroatoms. The minimum Gasteiger partial charge on any atom is -0.452 e. The highest BCUT2D eigenvalue weighted by molar-refractivity contribution is 7.15. The predicted molar refractivity (Wildman–Crippen MR) is 117 cm³/mol. The second kappa shape index (κ2) is 8.31. The molecule has 2 aromatic carbocycles. The smallest absolute Gasteiger partial charge is 0.338 e. The van der Waals surface area contributed by atoms with E-state index in [1.165, 1.54) is 18.2 Å². The molecule has 0 atom stereocenters. The first-order chi connectivity index (χ1) is 15.2. The lowest BCUT2D eigenvalue weighted by Crippen LogP contribution is -2.29. The molecule has 32 heavy (non-hydrogen) atoms. The molecule has 2 heterocycles. The van der Waals surface area contributed by atoms with Gasteiger partial charge in [-0.2, -0.15) is 0 Å². The molecule has 1 aliphatic rings. The molecule has 3 amide bonds. The average Bonchev–Trinajstić information content (AvgIpc) is 3.29. The van der Waals surface area contributed by atoms with Crippen LogP contribution >= 0.6 is 11.3 Å². The first kappa shape index (κ1) is 21.3. The molecule has 0 saturated heterocycles. The maximum Gasteiger partial charge on any atom is 0.338 e. The Morgan fingerprint density at radius 3 is 2.41 bits per heavy atom. The van der Waals surface area contributed by atoms with Crippen molar-refractivity contribution >= 4 is 45.8 Å². The van der Waals surface area contributed by atoms with Gasteiger partial charge in [0.25, 0.3) is 17.7 Å². The SMILES string of the molecule is Cc1nnc(N2C(=O)c3ccc(C(=O)OCC(=O)Nc4ccc(C)c(C)c4)cc3C2=O)s1. The molecule has 3 aromatic rings.